The summed E-state index contributed by atoms with van der Waals surface area (Å²) in [6.07, 6.45) is 7.91. The van der Waals surface area contributed by atoms with Gasteiger partial charge < -0.3 is 0 Å². The molecule has 0 saturated carbocycles. The first-order valence-electron chi connectivity index (χ1n) is 3.06. The first-order chi connectivity index (χ1) is 4.47. The molecule has 0 spiro atoms. The molecule has 9 heavy (non-hydrogen) atoms. The van der Waals surface area contributed by atoms with E-state index in [9.17, 15) is 0 Å². The van der Waals surface area contributed by atoms with Crippen LogP contribution < -0.4 is 0 Å². The number of fused-ring (bicyclic) bond motifs is 1. The lowest BCUT2D eigenvalue weighted by Gasteiger charge is -2.01. The summed E-state index contributed by atoms with van der Waals surface area (Å²) in [7, 11) is 0. The van der Waals surface area contributed by atoms with Crippen molar-refractivity contribution in [2.24, 2.45) is 4.99 Å². The second-order valence-corrected chi connectivity index (χ2v) is 2.17. The minimum atomic E-state index is 0.468. The van der Waals surface area contributed by atoms with Gasteiger partial charge in [-0.25, -0.2) is 0 Å². The Morgan fingerprint density at radius 3 is 3.00 bits per heavy atom. The molecule has 0 unspecified atom stereocenters. The van der Waals surface area contributed by atoms with E-state index in [1.54, 1.807) is 0 Å². The molecule has 2 rings (SSSR count). The lowest BCUT2D eigenvalue weighted by atomic mass is 9.48. The van der Waals surface area contributed by atoms with E-state index in [0.717, 1.165) is 5.60 Å². The highest BCUT2D eigenvalue weighted by Gasteiger charge is 2.15. The van der Waals surface area contributed by atoms with Gasteiger partial charge in [0.1, 0.15) is 0 Å². The van der Waals surface area contributed by atoms with E-state index >= 15 is 0 Å². The number of rotatable bonds is 0. The number of nitrogens with zero attached hydrogens (tertiary/aromatic N) is 1. The van der Waals surface area contributed by atoms with Crippen LogP contribution in [0.4, 0.5) is 0 Å². The zero-order chi connectivity index (χ0) is 6.10. The van der Waals surface area contributed by atoms with E-state index in [1.807, 2.05) is 24.4 Å². The molecule has 0 aromatic rings. The van der Waals surface area contributed by atoms with Crippen molar-refractivity contribution in [1.29, 1.82) is 0 Å². The highest BCUT2D eigenvalue weighted by Crippen LogP contribution is 2.14. The zero-order valence-corrected chi connectivity index (χ0v) is 4.99. The molecule has 0 saturated heterocycles. The molecule has 0 amide bonds. The van der Waals surface area contributed by atoms with Gasteiger partial charge in [-0.15, -0.1) is 12.0 Å². The molecular formula is C7H6BN. The minimum absolute atomic E-state index is 0.468. The number of hydrogen-bond donors (Lipinski definition) is 0. The summed E-state index contributed by atoms with van der Waals surface area (Å²) >= 11 is 0. The molecule has 2 aliphatic rings. The second kappa shape index (κ2) is 1.73. The van der Waals surface area contributed by atoms with Gasteiger partial charge in [0, 0.05) is 11.8 Å². The lowest BCUT2D eigenvalue weighted by Crippen LogP contribution is -2.08. The van der Waals surface area contributed by atoms with Gasteiger partial charge in [0.15, 0.2) is 0 Å². The highest BCUT2D eigenvalue weighted by molar-refractivity contribution is 6.78. The average molecular weight is 115 g/mol. The third kappa shape index (κ3) is 0.671. The third-order valence-corrected chi connectivity index (χ3v) is 1.56. The monoisotopic (exact) mass is 115 g/mol. The van der Waals surface area contributed by atoms with Crippen LogP contribution in [0.3, 0.4) is 0 Å². The van der Waals surface area contributed by atoms with E-state index in [2.05, 4.69) is 16.9 Å². The minimum Gasteiger partial charge on any atom is -0.270 e. The molecule has 2 heteroatoms. The van der Waals surface area contributed by atoms with Crippen LogP contribution in [0.15, 0.2) is 40.8 Å². The predicted molar refractivity (Wildman–Crippen MR) is 40.6 cm³/mol. The number of aliphatic imine (C=N–C) groups is 1. The fraction of sp³-hybridized carbons (Fsp3) is 0. The number of hydrogen-bond acceptors (Lipinski definition) is 1. The molecule has 0 fully saturated rings. The maximum atomic E-state index is 4.18. The van der Waals surface area contributed by atoms with Crippen LogP contribution >= 0.6 is 0 Å². The van der Waals surface area contributed by atoms with Crippen molar-refractivity contribution in [2.45, 2.75) is 0 Å². The molecular weight excluding hydrogens is 109 g/mol. The van der Waals surface area contributed by atoms with Crippen molar-refractivity contribution < 1.29 is 0 Å². The Hall–Kier alpha value is -1.05. The standard InChI is InChI=1S/C7H6BN/c1-3-7-8(4-1)5-2-6-9-7/h1-6H. The largest absolute Gasteiger partial charge is 0.270 e. The molecule has 0 radical (unpaired) electrons. The summed E-state index contributed by atoms with van der Waals surface area (Å²) in [4.78, 5) is 4.18. The fourth-order valence-corrected chi connectivity index (χ4v) is 1.07. The Kier molecular flexibility index (Phi) is 0.920. The van der Waals surface area contributed by atoms with Crippen LogP contribution in [-0.4, -0.2) is 12.9 Å². The summed E-state index contributed by atoms with van der Waals surface area (Å²) in [6.45, 7) is 0.468. The SMILES string of the molecule is C1=CB2C=CC=C2N=C1. The summed E-state index contributed by atoms with van der Waals surface area (Å²) in [5.41, 5.74) is 1.16. The Labute approximate surface area is 54.6 Å². The van der Waals surface area contributed by atoms with Crippen molar-refractivity contribution in [3.05, 3.63) is 35.8 Å². The smallest absolute Gasteiger partial charge is 0.250 e. The second-order valence-electron chi connectivity index (χ2n) is 2.17. The summed E-state index contributed by atoms with van der Waals surface area (Å²) in [5.74, 6) is 4.28. The molecule has 0 bridgehead atoms. The van der Waals surface area contributed by atoms with Gasteiger partial charge in [-0.3, -0.25) is 4.99 Å². The lowest BCUT2D eigenvalue weighted by molar-refractivity contribution is 1.51. The Bertz CT molecular complexity index is 235. The van der Waals surface area contributed by atoms with Gasteiger partial charge in [-0.2, -0.15) is 0 Å². The summed E-state index contributed by atoms with van der Waals surface area (Å²) in [5, 5.41) is 0. The maximum absolute atomic E-state index is 4.18. The molecule has 1 nitrogen and oxygen atoms in total. The van der Waals surface area contributed by atoms with Gasteiger partial charge in [-0.05, 0) is 0 Å². The third-order valence-electron chi connectivity index (χ3n) is 1.56. The van der Waals surface area contributed by atoms with Gasteiger partial charge in [-0.1, -0.05) is 18.2 Å². The first kappa shape index (κ1) is 4.80. The van der Waals surface area contributed by atoms with Crippen LogP contribution in [0.2, 0.25) is 0 Å². The normalized spacial score (nSPS) is 20.4. The molecule has 0 N–H and O–H groups in total. The van der Waals surface area contributed by atoms with Crippen LogP contribution in [0.1, 0.15) is 0 Å². The fourth-order valence-electron chi connectivity index (χ4n) is 1.07. The Balaban J connectivity index is 2.40. The molecule has 42 valence electrons. The van der Waals surface area contributed by atoms with E-state index in [1.165, 1.54) is 0 Å². The highest BCUT2D eigenvalue weighted by atomic mass is 14.7. The van der Waals surface area contributed by atoms with E-state index in [0.29, 0.717) is 6.71 Å². The van der Waals surface area contributed by atoms with Crippen molar-refractivity contribution in [2.75, 3.05) is 0 Å². The molecule has 2 aliphatic heterocycles. The Morgan fingerprint density at radius 1 is 1.22 bits per heavy atom. The van der Waals surface area contributed by atoms with Gasteiger partial charge in [0.05, 0.1) is 0 Å². The molecule has 0 aromatic heterocycles. The van der Waals surface area contributed by atoms with Gasteiger partial charge in [0.25, 0.3) is 6.71 Å². The molecule has 0 atom stereocenters. The Morgan fingerprint density at radius 2 is 2.11 bits per heavy atom. The van der Waals surface area contributed by atoms with Crippen LogP contribution in [-0.2, 0) is 0 Å². The van der Waals surface area contributed by atoms with Gasteiger partial charge >= 0.3 is 0 Å². The molecule has 2 heterocycles. The van der Waals surface area contributed by atoms with Crippen LogP contribution in [0.25, 0.3) is 0 Å². The van der Waals surface area contributed by atoms with Crippen molar-refractivity contribution in [1.82, 2.24) is 0 Å². The topological polar surface area (TPSA) is 12.4 Å². The first-order valence-corrected chi connectivity index (χ1v) is 3.06. The van der Waals surface area contributed by atoms with Crippen molar-refractivity contribution >= 4 is 12.9 Å². The van der Waals surface area contributed by atoms with Crippen LogP contribution in [0.5, 0.6) is 0 Å². The van der Waals surface area contributed by atoms with E-state index in [-0.39, 0.29) is 0 Å². The molecule has 0 aliphatic carbocycles. The quantitative estimate of drug-likeness (QED) is 0.420. The van der Waals surface area contributed by atoms with E-state index in [4.69, 9.17) is 0 Å². The summed E-state index contributed by atoms with van der Waals surface area (Å²) in [6, 6.07) is 0. The predicted octanol–water partition coefficient (Wildman–Crippen LogP) is 1.19. The average Bonchev–Trinajstić information content (AvgIpc) is 2.33. The van der Waals surface area contributed by atoms with Gasteiger partial charge in [0.2, 0.25) is 0 Å². The van der Waals surface area contributed by atoms with E-state index < -0.39 is 0 Å². The summed E-state index contributed by atoms with van der Waals surface area (Å²) < 4.78 is 0. The van der Waals surface area contributed by atoms with Crippen molar-refractivity contribution in [3.63, 3.8) is 0 Å². The maximum Gasteiger partial charge on any atom is 0.250 e. The number of allylic oxidation sites excluding steroid dienone is 3. The molecule has 0 aromatic carbocycles. The van der Waals surface area contributed by atoms with Crippen molar-refractivity contribution in [3.8, 4) is 0 Å². The van der Waals surface area contributed by atoms with Crippen LogP contribution in [0, 0.1) is 0 Å². The zero-order valence-electron chi connectivity index (χ0n) is 4.99.